The number of nitrogens with zero attached hydrogens (tertiary/aromatic N) is 2. The molecule has 2 rings (SSSR count). The van der Waals surface area contributed by atoms with Gasteiger partial charge in [-0.15, -0.1) is 0 Å². The smallest absolute Gasteiger partial charge is 0.416 e. The molecule has 0 amide bonds. The van der Waals surface area contributed by atoms with E-state index < -0.39 is 11.7 Å². The van der Waals surface area contributed by atoms with Crippen LogP contribution in [0.4, 0.5) is 13.2 Å². The summed E-state index contributed by atoms with van der Waals surface area (Å²) in [5, 5.41) is 4.47. The molecule has 0 unspecified atom stereocenters. The maximum atomic E-state index is 13.1. The fraction of sp³-hybridized carbons (Fsp3) is 0.500. The van der Waals surface area contributed by atoms with Crippen LogP contribution in [0.2, 0.25) is 0 Å². The number of unbranched alkanes of at least 4 members (excludes halogenated alkanes) is 1. The topological polar surface area (TPSA) is 53.1 Å². The molecule has 206 valence electrons. The fourth-order valence-corrected chi connectivity index (χ4v) is 3.60. The molecule has 1 aromatic rings. The van der Waals surface area contributed by atoms with Crippen molar-refractivity contribution in [3.63, 3.8) is 0 Å². The molecule has 2 heterocycles. The SMILES string of the molecule is CCC/C=C(/C=C\C=C(/C)N)OC(C)C.C\C=C/C(=C\C(=C\CC)C(F)(F)F)c1cc2n(n1)CCCC2. The molecular formula is C30H44F3N3O. The summed E-state index contributed by atoms with van der Waals surface area (Å²) in [4.78, 5) is 0. The number of hydrogen-bond acceptors (Lipinski definition) is 3. The summed E-state index contributed by atoms with van der Waals surface area (Å²) in [5.74, 6) is 0.921. The molecule has 0 spiro atoms. The molecule has 7 heteroatoms. The van der Waals surface area contributed by atoms with E-state index in [4.69, 9.17) is 10.5 Å². The lowest BCUT2D eigenvalue weighted by Crippen LogP contribution is -2.11. The first kappa shape index (κ1) is 32.1. The van der Waals surface area contributed by atoms with Crippen molar-refractivity contribution in [3.8, 4) is 0 Å². The molecule has 0 fully saturated rings. The first-order valence-corrected chi connectivity index (χ1v) is 13.2. The highest BCUT2D eigenvalue weighted by atomic mass is 19.4. The number of hydrogen-bond donors (Lipinski definition) is 1. The summed E-state index contributed by atoms with van der Waals surface area (Å²) < 4.78 is 46.8. The van der Waals surface area contributed by atoms with E-state index in [0.717, 1.165) is 55.8 Å². The number of rotatable bonds is 10. The minimum atomic E-state index is -4.35. The Labute approximate surface area is 221 Å². The molecule has 0 saturated heterocycles. The minimum Gasteiger partial charge on any atom is -0.491 e. The summed E-state index contributed by atoms with van der Waals surface area (Å²) in [5.41, 5.74) is 7.93. The van der Waals surface area contributed by atoms with Crippen molar-refractivity contribution in [2.24, 2.45) is 5.73 Å². The second kappa shape index (κ2) is 16.7. The highest BCUT2D eigenvalue weighted by Crippen LogP contribution is 2.30. The molecule has 0 radical (unpaired) electrons. The lowest BCUT2D eigenvalue weighted by atomic mass is 10.0. The van der Waals surface area contributed by atoms with Crippen LogP contribution in [0.5, 0.6) is 0 Å². The second-order valence-corrected chi connectivity index (χ2v) is 9.20. The third kappa shape index (κ3) is 12.7. The molecule has 0 bridgehead atoms. The molecule has 0 atom stereocenters. The Kier molecular flexibility index (Phi) is 14.5. The van der Waals surface area contributed by atoms with Crippen LogP contribution in [-0.2, 0) is 17.7 Å². The molecule has 1 aliphatic heterocycles. The predicted molar refractivity (Wildman–Crippen MR) is 149 cm³/mol. The van der Waals surface area contributed by atoms with E-state index in [1.807, 2.05) is 49.7 Å². The van der Waals surface area contributed by atoms with Crippen molar-refractivity contribution in [3.05, 3.63) is 83.1 Å². The highest BCUT2D eigenvalue weighted by molar-refractivity contribution is 5.74. The van der Waals surface area contributed by atoms with Crippen molar-refractivity contribution in [1.29, 1.82) is 0 Å². The van der Waals surface area contributed by atoms with Gasteiger partial charge in [0.1, 0.15) is 5.76 Å². The van der Waals surface area contributed by atoms with E-state index in [0.29, 0.717) is 17.7 Å². The molecule has 2 N–H and O–H groups in total. The van der Waals surface area contributed by atoms with E-state index in [1.54, 1.807) is 26.0 Å². The zero-order valence-electron chi connectivity index (χ0n) is 23.2. The van der Waals surface area contributed by atoms with Gasteiger partial charge >= 0.3 is 6.18 Å². The first-order chi connectivity index (χ1) is 17.5. The van der Waals surface area contributed by atoms with Crippen LogP contribution in [0.3, 0.4) is 0 Å². The largest absolute Gasteiger partial charge is 0.491 e. The zero-order valence-corrected chi connectivity index (χ0v) is 23.2. The number of fused-ring (bicyclic) bond motifs is 1. The third-order valence-electron chi connectivity index (χ3n) is 5.25. The molecule has 1 aliphatic rings. The molecule has 0 aromatic carbocycles. The molecule has 4 nitrogen and oxygen atoms in total. The van der Waals surface area contributed by atoms with Gasteiger partial charge in [0, 0.05) is 23.5 Å². The number of aryl methyl sites for hydroxylation is 2. The van der Waals surface area contributed by atoms with Crippen molar-refractivity contribution < 1.29 is 17.9 Å². The van der Waals surface area contributed by atoms with Crippen molar-refractivity contribution in [1.82, 2.24) is 9.78 Å². The average Bonchev–Trinajstić information content (AvgIpc) is 3.25. The van der Waals surface area contributed by atoms with Gasteiger partial charge in [0.2, 0.25) is 0 Å². The summed E-state index contributed by atoms with van der Waals surface area (Å²) >= 11 is 0. The zero-order chi connectivity index (χ0) is 27.8. The number of halogens is 3. The monoisotopic (exact) mass is 519 g/mol. The summed E-state index contributed by atoms with van der Waals surface area (Å²) in [6, 6.07) is 1.91. The van der Waals surface area contributed by atoms with Crippen LogP contribution in [0.1, 0.15) is 85.0 Å². The van der Waals surface area contributed by atoms with Gasteiger partial charge in [-0.25, -0.2) is 0 Å². The van der Waals surface area contributed by atoms with E-state index in [9.17, 15) is 13.2 Å². The van der Waals surface area contributed by atoms with Crippen molar-refractivity contribution in [2.75, 3.05) is 0 Å². The van der Waals surface area contributed by atoms with E-state index in [1.165, 1.54) is 12.2 Å². The van der Waals surface area contributed by atoms with Crippen LogP contribution in [0, 0.1) is 0 Å². The molecular weight excluding hydrogens is 475 g/mol. The number of nitrogens with two attached hydrogens (primary N) is 1. The minimum absolute atomic E-state index is 0.209. The van der Waals surface area contributed by atoms with Gasteiger partial charge < -0.3 is 10.5 Å². The summed E-state index contributed by atoms with van der Waals surface area (Å²) in [6.07, 6.45) is 15.2. The Morgan fingerprint density at radius 2 is 1.92 bits per heavy atom. The maximum absolute atomic E-state index is 13.1. The molecule has 0 saturated carbocycles. The van der Waals surface area contributed by atoms with Crippen LogP contribution in [-0.4, -0.2) is 22.1 Å². The number of allylic oxidation sites excluding steroid dienone is 11. The lowest BCUT2D eigenvalue weighted by Gasteiger charge is -2.11. The van der Waals surface area contributed by atoms with Crippen LogP contribution in [0.25, 0.3) is 5.57 Å². The summed E-state index contributed by atoms with van der Waals surface area (Å²) in [6.45, 7) is 12.4. The van der Waals surface area contributed by atoms with E-state index in [2.05, 4.69) is 18.1 Å². The number of alkyl halides is 3. The predicted octanol–water partition coefficient (Wildman–Crippen LogP) is 8.59. The van der Waals surface area contributed by atoms with Gasteiger partial charge in [-0.05, 0) is 90.2 Å². The standard InChI is InChI=1S/C17H21F3N2.C13H23NO/c1-3-7-13(11-14(8-4-2)17(18,19)20)16-12-15-9-5-6-10-22(15)21-16;1-5-6-9-13(15-11(2)3)10-7-8-12(4)14/h3,7-8,11-12H,4-6,9-10H2,1-2H3;7-11H,5-6,14H2,1-4H3/b7-3-,13-11+,14-8-;10-7-,12-8+,13-9-. The lowest BCUT2D eigenvalue weighted by molar-refractivity contribution is -0.0883. The Hall–Kier alpha value is -2.96. The van der Waals surface area contributed by atoms with Crippen LogP contribution < -0.4 is 5.73 Å². The quantitative estimate of drug-likeness (QED) is 0.249. The first-order valence-electron chi connectivity index (χ1n) is 13.2. The highest BCUT2D eigenvalue weighted by Gasteiger charge is 2.32. The molecule has 0 aliphatic carbocycles. The Morgan fingerprint density at radius 3 is 2.46 bits per heavy atom. The van der Waals surface area contributed by atoms with Gasteiger partial charge in [0.15, 0.2) is 0 Å². The van der Waals surface area contributed by atoms with Gasteiger partial charge in [-0.3, -0.25) is 4.68 Å². The van der Waals surface area contributed by atoms with Crippen LogP contribution >= 0.6 is 0 Å². The van der Waals surface area contributed by atoms with E-state index in [-0.39, 0.29) is 6.10 Å². The number of ether oxygens (including phenoxy) is 1. The third-order valence-corrected chi connectivity index (χ3v) is 5.25. The van der Waals surface area contributed by atoms with Gasteiger partial charge in [-0.1, -0.05) is 44.6 Å². The molecule has 37 heavy (non-hydrogen) atoms. The maximum Gasteiger partial charge on any atom is 0.416 e. The molecule has 1 aromatic heterocycles. The van der Waals surface area contributed by atoms with Crippen molar-refractivity contribution in [2.45, 2.75) is 98.9 Å². The average molecular weight is 520 g/mol. The summed E-state index contributed by atoms with van der Waals surface area (Å²) in [7, 11) is 0. The Morgan fingerprint density at radius 1 is 1.19 bits per heavy atom. The van der Waals surface area contributed by atoms with Crippen molar-refractivity contribution >= 4 is 5.57 Å². The van der Waals surface area contributed by atoms with Gasteiger partial charge in [-0.2, -0.15) is 18.3 Å². The normalized spacial score (nSPS) is 15.8. The van der Waals surface area contributed by atoms with Gasteiger partial charge in [0.25, 0.3) is 0 Å². The Bertz CT molecular complexity index is 978. The van der Waals surface area contributed by atoms with Crippen LogP contribution in [0.15, 0.2) is 71.7 Å². The number of aromatic nitrogens is 2. The van der Waals surface area contributed by atoms with Gasteiger partial charge in [0.05, 0.1) is 17.4 Å². The Balaban J connectivity index is 0.000000401. The van der Waals surface area contributed by atoms with E-state index >= 15 is 0 Å². The fourth-order valence-electron chi connectivity index (χ4n) is 3.60. The second-order valence-electron chi connectivity index (χ2n) is 9.20.